The van der Waals surface area contributed by atoms with Crippen molar-refractivity contribution in [3.05, 3.63) is 72.9 Å². The van der Waals surface area contributed by atoms with Crippen LogP contribution in [0, 0.1) is 0 Å². The van der Waals surface area contributed by atoms with E-state index in [0.29, 0.717) is 17.4 Å². The minimum absolute atomic E-state index is 0.00628. The number of nitrogens with one attached hydrogen (secondary N) is 1. The molecule has 0 aromatic heterocycles. The van der Waals surface area contributed by atoms with Gasteiger partial charge < -0.3 is 28.8 Å². The molecule has 438 valence electrons. The normalized spacial score (nSPS) is 14.3. The van der Waals surface area contributed by atoms with Crippen molar-refractivity contribution in [2.45, 2.75) is 302 Å². The molecule has 0 saturated carbocycles. The Morgan fingerprint density at radius 2 is 0.827 bits per heavy atom. The molecule has 0 bridgehead atoms. The van der Waals surface area contributed by atoms with Gasteiger partial charge in [0, 0.05) is 6.42 Å². The standard InChI is InChI=1S/C66H123N2O6P/c1-6-8-10-12-14-16-18-20-22-24-25-26-27-28-29-30-31-32-33-34-35-36-37-38-39-40-41-42-43-44-46-48-50-52-54-56-58-60-66(70)67-64(63-74-75(71,72)73-62-61-68(3,4)5)65(69)59-57-55-53-51-49-47-45-23-21-19-17-15-13-11-9-7-2/h8,10,14,16,20,22,25-26,49,51,57,59,64-65,69H,6-7,9,11-13,15,17-19,21,23-24,27-48,50,52-56,58,60-63H2,1-5H3,(H-,67,70,71,72)/b10-8-,16-14-,22-20-,26-25-,51-49+,59-57+. The fraction of sp³-hybridized carbons (Fsp3) is 0.803. The van der Waals surface area contributed by atoms with Gasteiger partial charge in [-0.25, -0.2) is 0 Å². The molecule has 0 aliphatic rings. The van der Waals surface area contributed by atoms with E-state index in [4.69, 9.17) is 9.05 Å². The van der Waals surface area contributed by atoms with Crippen LogP contribution in [0.15, 0.2) is 72.9 Å². The van der Waals surface area contributed by atoms with E-state index >= 15 is 0 Å². The zero-order chi connectivity index (χ0) is 54.9. The van der Waals surface area contributed by atoms with Gasteiger partial charge in [-0.05, 0) is 70.6 Å². The van der Waals surface area contributed by atoms with Crippen molar-refractivity contribution in [2.24, 2.45) is 0 Å². The number of carbonyl (C=O) groups excluding carboxylic acids is 1. The van der Waals surface area contributed by atoms with Crippen molar-refractivity contribution >= 4 is 13.7 Å². The summed E-state index contributed by atoms with van der Waals surface area (Å²) in [6.45, 7) is 4.53. The number of unbranched alkanes of at least 4 members (excludes halogenated alkanes) is 35. The Labute approximate surface area is 465 Å². The Hall–Kier alpha value is -2.06. The summed E-state index contributed by atoms with van der Waals surface area (Å²) in [6.07, 6.45) is 78.7. The minimum Gasteiger partial charge on any atom is -0.756 e. The van der Waals surface area contributed by atoms with Crippen molar-refractivity contribution in [2.75, 3.05) is 40.9 Å². The molecule has 9 heteroatoms. The lowest BCUT2D eigenvalue weighted by Crippen LogP contribution is -2.45. The van der Waals surface area contributed by atoms with Crippen LogP contribution in [-0.2, 0) is 18.4 Å². The van der Waals surface area contributed by atoms with Gasteiger partial charge in [0.05, 0.1) is 39.9 Å². The zero-order valence-electron chi connectivity index (χ0n) is 50.0. The first-order valence-corrected chi connectivity index (χ1v) is 33.3. The smallest absolute Gasteiger partial charge is 0.268 e. The number of phosphoric acid groups is 1. The van der Waals surface area contributed by atoms with Gasteiger partial charge in [0.2, 0.25) is 5.91 Å². The highest BCUT2D eigenvalue weighted by molar-refractivity contribution is 7.45. The van der Waals surface area contributed by atoms with E-state index in [9.17, 15) is 19.4 Å². The lowest BCUT2D eigenvalue weighted by atomic mass is 10.0. The second-order valence-electron chi connectivity index (χ2n) is 22.7. The molecule has 0 aromatic carbocycles. The average Bonchev–Trinajstić information content (AvgIpc) is 3.37. The van der Waals surface area contributed by atoms with Gasteiger partial charge in [0.25, 0.3) is 7.82 Å². The number of aliphatic hydroxyl groups excluding tert-OH is 1. The molecule has 75 heavy (non-hydrogen) atoms. The highest BCUT2D eigenvalue weighted by Crippen LogP contribution is 2.38. The molecule has 1 amide bonds. The summed E-state index contributed by atoms with van der Waals surface area (Å²) >= 11 is 0. The van der Waals surface area contributed by atoms with Crippen molar-refractivity contribution in [3.63, 3.8) is 0 Å². The predicted octanol–water partition coefficient (Wildman–Crippen LogP) is 19.2. The zero-order valence-corrected chi connectivity index (χ0v) is 50.9. The number of quaternary nitrogens is 1. The SMILES string of the molecule is CC/C=C\C/C=C\C/C=C\C/C=C\CCCCCCCCCCCCCCCCCCCCCCCCCCC(=O)NC(COP(=O)([O-])OCC[N+](C)(C)C)C(O)/C=C/CC/C=C/CCCCCCCCCCCC. The second-order valence-corrected chi connectivity index (χ2v) is 24.1. The number of hydrogen-bond acceptors (Lipinski definition) is 6. The summed E-state index contributed by atoms with van der Waals surface area (Å²) in [5.74, 6) is -0.204. The number of allylic oxidation sites excluding steroid dienone is 11. The van der Waals surface area contributed by atoms with Crippen LogP contribution in [-0.4, -0.2) is 68.5 Å². The Kier molecular flexibility index (Phi) is 55.1. The summed E-state index contributed by atoms with van der Waals surface area (Å²) in [5.41, 5.74) is 0. The lowest BCUT2D eigenvalue weighted by Gasteiger charge is -2.29. The van der Waals surface area contributed by atoms with Gasteiger partial charge in [-0.1, -0.05) is 286 Å². The third kappa shape index (κ3) is 59.4. The van der Waals surface area contributed by atoms with Crippen LogP contribution < -0.4 is 10.2 Å². The number of carbonyl (C=O) groups is 1. The summed E-state index contributed by atoms with van der Waals surface area (Å²) in [7, 11) is 1.25. The molecule has 0 radical (unpaired) electrons. The quantitative estimate of drug-likeness (QED) is 0.0272. The van der Waals surface area contributed by atoms with Gasteiger partial charge >= 0.3 is 0 Å². The number of rotatable bonds is 58. The molecular formula is C66H123N2O6P. The number of phosphoric ester groups is 1. The van der Waals surface area contributed by atoms with Crippen LogP contribution >= 0.6 is 7.82 Å². The third-order valence-corrected chi connectivity index (χ3v) is 15.1. The van der Waals surface area contributed by atoms with Crippen LogP contribution in [0.5, 0.6) is 0 Å². The number of amides is 1. The highest BCUT2D eigenvalue weighted by Gasteiger charge is 2.23. The molecule has 2 N–H and O–H groups in total. The van der Waals surface area contributed by atoms with E-state index in [1.54, 1.807) is 6.08 Å². The van der Waals surface area contributed by atoms with Crippen LogP contribution in [0.3, 0.4) is 0 Å². The maximum absolute atomic E-state index is 13.0. The molecule has 0 aliphatic heterocycles. The van der Waals surface area contributed by atoms with E-state index in [0.717, 1.165) is 64.2 Å². The van der Waals surface area contributed by atoms with Crippen molar-refractivity contribution < 1.29 is 32.9 Å². The number of hydrogen-bond donors (Lipinski definition) is 2. The van der Waals surface area contributed by atoms with Gasteiger partial charge in [-0.15, -0.1) is 0 Å². The molecule has 0 saturated heterocycles. The molecule has 0 spiro atoms. The Morgan fingerprint density at radius 3 is 1.24 bits per heavy atom. The summed E-state index contributed by atoms with van der Waals surface area (Å²) in [4.78, 5) is 25.5. The van der Waals surface area contributed by atoms with E-state index in [1.165, 1.54) is 205 Å². The van der Waals surface area contributed by atoms with Gasteiger partial charge in [-0.3, -0.25) is 9.36 Å². The van der Waals surface area contributed by atoms with Gasteiger partial charge in [0.15, 0.2) is 0 Å². The Balaban J connectivity index is 3.98. The first kappa shape index (κ1) is 72.9. The van der Waals surface area contributed by atoms with E-state index in [2.05, 4.69) is 79.9 Å². The van der Waals surface area contributed by atoms with Crippen LogP contribution in [0.4, 0.5) is 0 Å². The minimum atomic E-state index is -4.61. The van der Waals surface area contributed by atoms with E-state index < -0.39 is 26.6 Å². The first-order chi connectivity index (χ1) is 36.5. The third-order valence-electron chi connectivity index (χ3n) is 14.2. The van der Waals surface area contributed by atoms with Crippen LogP contribution in [0.2, 0.25) is 0 Å². The monoisotopic (exact) mass is 1070 g/mol. The Bertz CT molecular complexity index is 1450. The first-order valence-electron chi connectivity index (χ1n) is 31.8. The van der Waals surface area contributed by atoms with E-state index in [-0.39, 0.29) is 12.5 Å². The average molecular weight is 1070 g/mol. The summed E-state index contributed by atoms with van der Waals surface area (Å²) in [5, 5.41) is 13.9. The maximum atomic E-state index is 13.0. The lowest BCUT2D eigenvalue weighted by molar-refractivity contribution is -0.870. The fourth-order valence-corrected chi connectivity index (χ4v) is 9.94. The van der Waals surface area contributed by atoms with Crippen molar-refractivity contribution in [1.82, 2.24) is 5.32 Å². The molecule has 0 heterocycles. The predicted molar refractivity (Wildman–Crippen MR) is 325 cm³/mol. The molecule has 3 atom stereocenters. The van der Waals surface area contributed by atoms with Gasteiger partial charge in [-0.2, -0.15) is 0 Å². The molecule has 0 fully saturated rings. The van der Waals surface area contributed by atoms with E-state index in [1.807, 2.05) is 27.2 Å². The van der Waals surface area contributed by atoms with Crippen LogP contribution in [0.25, 0.3) is 0 Å². The fourth-order valence-electron chi connectivity index (χ4n) is 9.22. The molecule has 0 aromatic rings. The topological polar surface area (TPSA) is 108 Å². The molecular weight excluding hydrogens is 948 g/mol. The largest absolute Gasteiger partial charge is 0.756 e. The molecule has 0 rings (SSSR count). The number of nitrogens with zero attached hydrogens (tertiary/aromatic N) is 1. The number of likely N-dealkylation sites (N-methyl/N-ethyl adjacent to an activating group) is 1. The van der Waals surface area contributed by atoms with Crippen molar-refractivity contribution in [3.8, 4) is 0 Å². The summed E-state index contributed by atoms with van der Waals surface area (Å²) < 4.78 is 23.3. The second kappa shape index (κ2) is 56.7. The Morgan fingerprint density at radius 1 is 0.480 bits per heavy atom. The number of aliphatic hydroxyl groups is 1. The van der Waals surface area contributed by atoms with Crippen molar-refractivity contribution in [1.29, 1.82) is 0 Å². The maximum Gasteiger partial charge on any atom is 0.268 e. The molecule has 8 nitrogen and oxygen atoms in total. The van der Waals surface area contributed by atoms with Crippen LogP contribution in [0.1, 0.15) is 290 Å². The molecule has 3 unspecified atom stereocenters. The summed E-state index contributed by atoms with van der Waals surface area (Å²) in [6, 6.07) is -0.904. The highest BCUT2D eigenvalue weighted by atomic mass is 31.2. The van der Waals surface area contributed by atoms with Gasteiger partial charge in [0.1, 0.15) is 13.2 Å². The molecule has 0 aliphatic carbocycles.